The molecular weight excluding hydrogens is 363 g/mol. The van der Waals surface area contributed by atoms with E-state index in [4.69, 9.17) is 9.15 Å². The van der Waals surface area contributed by atoms with Crippen LogP contribution < -0.4 is 15.0 Å². The fraction of sp³-hybridized carbons (Fsp3) is 0.143. The second-order valence-electron chi connectivity index (χ2n) is 5.97. The van der Waals surface area contributed by atoms with Crippen molar-refractivity contribution in [3.63, 3.8) is 0 Å². The molecule has 0 saturated heterocycles. The van der Waals surface area contributed by atoms with Crippen molar-refractivity contribution in [2.75, 3.05) is 18.6 Å². The summed E-state index contributed by atoms with van der Waals surface area (Å²) in [7, 11) is 1.55. The highest BCUT2D eigenvalue weighted by Crippen LogP contribution is 2.21. The highest BCUT2D eigenvalue weighted by atomic mass is 19.1. The van der Waals surface area contributed by atoms with E-state index in [1.165, 1.54) is 29.4 Å². The Kier molecular flexibility index (Phi) is 6.06. The Morgan fingerprint density at radius 1 is 1.07 bits per heavy atom. The monoisotopic (exact) mass is 382 g/mol. The maximum atomic E-state index is 13.0. The van der Waals surface area contributed by atoms with Crippen molar-refractivity contribution in [3.8, 4) is 5.75 Å². The number of hydrogen-bond acceptors (Lipinski definition) is 4. The molecular formula is C21H19FN2O4. The standard InChI is InChI=1S/C21H19FN2O4/c1-27-18-10-8-17(9-11-18)24(21(26)19-3-2-12-28-19)14-20(25)23-13-15-4-6-16(22)7-5-15/h2-12H,13-14H2,1H3,(H,23,25). The van der Waals surface area contributed by atoms with Crippen LogP contribution >= 0.6 is 0 Å². The molecule has 3 aromatic rings. The Morgan fingerprint density at radius 3 is 2.39 bits per heavy atom. The van der Waals surface area contributed by atoms with Crippen LogP contribution in [0.15, 0.2) is 71.3 Å². The van der Waals surface area contributed by atoms with Gasteiger partial charge in [0.1, 0.15) is 18.1 Å². The van der Waals surface area contributed by atoms with E-state index in [1.54, 1.807) is 49.6 Å². The van der Waals surface area contributed by atoms with Crippen LogP contribution in [0.1, 0.15) is 16.1 Å². The van der Waals surface area contributed by atoms with Crippen LogP contribution in [0, 0.1) is 5.82 Å². The summed E-state index contributed by atoms with van der Waals surface area (Å²) in [6, 6.07) is 15.7. The SMILES string of the molecule is COc1ccc(N(CC(=O)NCc2ccc(F)cc2)C(=O)c2ccco2)cc1. The number of methoxy groups -OCH3 is 1. The molecule has 0 fully saturated rings. The number of rotatable bonds is 7. The van der Waals surface area contributed by atoms with Gasteiger partial charge in [-0.2, -0.15) is 0 Å². The molecule has 1 aromatic heterocycles. The Hall–Kier alpha value is -3.61. The zero-order chi connectivity index (χ0) is 19.9. The highest BCUT2D eigenvalue weighted by molar-refractivity contribution is 6.07. The van der Waals surface area contributed by atoms with Gasteiger partial charge in [0.25, 0.3) is 5.91 Å². The third-order valence-electron chi connectivity index (χ3n) is 4.07. The number of furan rings is 1. The lowest BCUT2D eigenvalue weighted by molar-refractivity contribution is -0.119. The minimum absolute atomic E-state index is 0.127. The van der Waals surface area contributed by atoms with E-state index in [1.807, 2.05) is 0 Å². The molecule has 28 heavy (non-hydrogen) atoms. The van der Waals surface area contributed by atoms with Gasteiger partial charge in [-0.1, -0.05) is 12.1 Å². The van der Waals surface area contributed by atoms with Crippen molar-refractivity contribution in [3.05, 3.63) is 84.1 Å². The summed E-state index contributed by atoms with van der Waals surface area (Å²) in [5, 5.41) is 2.73. The normalized spacial score (nSPS) is 10.4. The van der Waals surface area contributed by atoms with E-state index in [-0.39, 0.29) is 30.6 Å². The first-order valence-corrected chi connectivity index (χ1v) is 8.57. The molecule has 6 nitrogen and oxygen atoms in total. The number of nitrogens with one attached hydrogen (secondary N) is 1. The zero-order valence-corrected chi connectivity index (χ0v) is 15.2. The number of ether oxygens (including phenoxy) is 1. The molecule has 0 spiro atoms. The molecule has 3 rings (SSSR count). The highest BCUT2D eigenvalue weighted by Gasteiger charge is 2.22. The van der Waals surface area contributed by atoms with E-state index in [0.29, 0.717) is 11.4 Å². The van der Waals surface area contributed by atoms with Gasteiger partial charge in [-0.15, -0.1) is 0 Å². The maximum Gasteiger partial charge on any atom is 0.294 e. The van der Waals surface area contributed by atoms with Crippen LogP contribution in [0.4, 0.5) is 10.1 Å². The second kappa shape index (κ2) is 8.85. The summed E-state index contributed by atoms with van der Waals surface area (Å²) in [5.41, 5.74) is 1.28. The fourth-order valence-corrected chi connectivity index (χ4v) is 2.58. The molecule has 1 N–H and O–H groups in total. The van der Waals surface area contributed by atoms with Gasteiger partial charge < -0.3 is 14.5 Å². The smallest absolute Gasteiger partial charge is 0.294 e. The summed E-state index contributed by atoms with van der Waals surface area (Å²) in [6.07, 6.45) is 1.40. The first-order valence-electron chi connectivity index (χ1n) is 8.57. The molecule has 0 bridgehead atoms. The molecule has 1 heterocycles. The Bertz CT molecular complexity index is 922. The summed E-state index contributed by atoms with van der Waals surface area (Å²) >= 11 is 0. The lowest BCUT2D eigenvalue weighted by atomic mass is 10.2. The van der Waals surface area contributed by atoms with Gasteiger partial charge in [-0.05, 0) is 54.1 Å². The van der Waals surface area contributed by atoms with E-state index in [0.717, 1.165) is 5.56 Å². The topological polar surface area (TPSA) is 71.8 Å². The molecule has 7 heteroatoms. The first kappa shape index (κ1) is 19.2. The minimum atomic E-state index is -0.438. The van der Waals surface area contributed by atoms with Gasteiger partial charge in [-0.25, -0.2) is 4.39 Å². The average Bonchev–Trinajstić information content (AvgIpc) is 3.26. The van der Waals surface area contributed by atoms with Crippen LogP contribution in [0.25, 0.3) is 0 Å². The van der Waals surface area contributed by atoms with Crippen LogP contribution in [-0.4, -0.2) is 25.5 Å². The molecule has 0 radical (unpaired) electrons. The maximum absolute atomic E-state index is 13.0. The number of anilines is 1. The van der Waals surface area contributed by atoms with Gasteiger partial charge >= 0.3 is 0 Å². The lowest BCUT2D eigenvalue weighted by Gasteiger charge is -2.21. The lowest BCUT2D eigenvalue weighted by Crippen LogP contribution is -2.40. The Morgan fingerprint density at radius 2 is 1.79 bits per heavy atom. The predicted octanol–water partition coefficient (Wildman–Crippen LogP) is 3.39. The van der Waals surface area contributed by atoms with Crippen molar-refractivity contribution in [2.45, 2.75) is 6.54 Å². The number of hydrogen-bond donors (Lipinski definition) is 1. The van der Waals surface area contributed by atoms with Crippen molar-refractivity contribution in [1.82, 2.24) is 5.32 Å². The largest absolute Gasteiger partial charge is 0.497 e. The van der Waals surface area contributed by atoms with Crippen molar-refractivity contribution >= 4 is 17.5 Å². The van der Waals surface area contributed by atoms with Gasteiger partial charge in [0.2, 0.25) is 5.91 Å². The summed E-state index contributed by atoms with van der Waals surface area (Å²) in [5.74, 6) is -0.381. The quantitative estimate of drug-likeness (QED) is 0.680. The third kappa shape index (κ3) is 4.76. The molecule has 144 valence electrons. The first-order chi connectivity index (χ1) is 13.6. The molecule has 0 unspecified atom stereocenters. The Balaban J connectivity index is 1.73. The van der Waals surface area contributed by atoms with E-state index >= 15 is 0 Å². The zero-order valence-electron chi connectivity index (χ0n) is 15.2. The van der Waals surface area contributed by atoms with E-state index in [2.05, 4.69) is 5.32 Å². The van der Waals surface area contributed by atoms with Crippen LogP contribution in [-0.2, 0) is 11.3 Å². The summed E-state index contributed by atoms with van der Waals surface area (Å²) in [6.45, 7) is 0.0254. The molecule has 0 aliphatic rings. The molecule has 2 aromatic carbocycles. The van der Waals surface area contributed by atoms with Crippen LogP contribution in [0.2, 0.25) is 0 Å². The van der Waals surface area contributed by atoms with Gasteiger partial charge in [-0.3, -0.25) is 14.5 Å². The van der Waals surface area contributed by atoms with E-state index in [9.17, 15) is 14.0 Å². The fourth-order valence-electron chi connectivity index (χ4n) is 2.58. The van der Waals surface area contributed by atoms with Gasteiger partial charge in [0.05, 0.1) is 13.4 Å². The molecule has 0 saturated carbocycles. The predicted molar refractivity (Wildman–Crippen MR) is 102 cm³/mol. The number of benzene rings is 2. The number of carbonyl (C=O) groups excluding carboxylic acids is 2. The van der Waals surface area contributed by atoms with Crippen molar-refractivity contribution in [2.24, 2.45) is 0 Å². The Labute approximate surface area is 161 Å². The van der Waals surface area contributed by atoms with Crippen molar-refractivity contribution < 1.29 is 23.1 Å². The van der Waals surface area contributed by atoms with Crippen molar-refractivity contribution in [1.29, 1.82) is 0 Å². The molecule has 0 aliphatic carbocycles. The molecule has 2 amide bonds. The minimum Gasteiger partial charge on any atom is -0.497 e. The van der Waals surface area contributed by atoms with E-state index < -0.39 is 5.91 Å². The van der Waals surface area contributed by atoms with Gasteiger partial charge in [0.15, 0.2) is 5.76 Å². The number of carbonyl (C=O) groups is 2. The van der Waals surface area contributed by atoms with Crippen LogP contribution in [0.5, 0.6) is 5.75 Å². The summed E-state index contributed by atoms with van der Waals surface area (Å²) < 4.78 is 23.3. The molecule has 0 atom stereocenters. The number of nitrogens with zero attached hydrogens (tertiary/aromatic N) is 1. The number of halogens is 1. The number of amides is 2. The van der Waals surface area contributed by atoms with Crippen LogP contribution in [0.3, 0.4) is 0 Å². The average molecular weight is 382 g/mol. The third-order valence-corrected chi connectivity index (χ3v) is 4.07. The van der Waals surface area contributed by atoms with Gasteiger partial charge in [0, 0.05) is 12.2 Å². The second-order valence-corrected chi connectivity index (χ2v) is 5.97. The summed E-state index contributed by atoms with van der Waals surface area (Å²) in [4.78, 5) is 26.5. The molecule has 0 aliphatic heterocycles.